The molecule has 0 atom stereocenters. The highest BCUT2D eigenvalue weighted by molar-refractivity contribution is 7.09. The molecule has 0 fully saturated rings. The van der Waals surface area contributed by atoms with E-state index >= 15 is 0 Å². The van der Waals surface area contributed by atoms with E-state index in [0.29, 0.717) is 24.9 Å². The van der Waals surface area contributed by atoms with Crippen molar-refractivity contribution in [1.29, 1.82) is 0 Å². The largest absolute Gasteiger partial charge is 0.487 e. The van der Waals surface area contributed by atoms with E-state index in [0.717, 1.165) is 10.6 Å². The van der Waals surface area contributed by atoms with Crippen molar-refractivity contribution < 1.29 is 13.5 Å². The van der Waals surface area contributed by atoms with Crippen LogP contribution in [0, 0.1) is 18.6 Å². The van der Waals surface area contributed by atoms with E-state index in [4.69, 9.17) is 10.5 Å². The van der Waals surface area contributed by atoms with Gasteiger partial charge in [0.1, 0.15) is 0 Å². The van der Waals surface area contributed by atoms with Crippen LogP contribution < -0.4 is 10.5 Å². The highest BCUT2D eigenvalue weighted by Crippen LogP contribution is 2.24. The zero-order chi connectivity index (χ0) is 14.5. The second-order valence-electron chi connectivity index (χ2n) is 4.39. The molecule has 2 rings (SSSR count). The second kappa shape index (κ2) is 6.76. The van der Waals surface area contributed by atoms with Crippen molar-refractivity contribution in [2.45, 2.75) is 19.8 Å². The molecule has 0 bridgehead atoms. The molecule has 0 radical (unpaired) electrons. The van der Waals surface area contributed by atoms with Gasteiger partial charge in [-0.25, -0.2) is 13.8 Å². The highest BCUT2D eigenvalue weighted by atomic mass is 32.1. The van der Waals surface area contributed by atoms with Crippen LogP contribution in [0.3, 0.4) is 0 Å². The van der Waals surface area contributed by atoms with E-state index in [2.05, 4.69) is 4.98 Å². The Balaban J connectivity index is 2.01. The Morgan fingerprint density at radius 1 is 1.25 bits per heavy atom. The lowest BCUT2D eigenvalue weighted by Gasteiger charge is -2.09. The second-order valence-corrected chi connectivity index (χ2v) is 5.33. The maximum Gasteiger partial charge on any atom is 0.190 e. The Kier molecular flexibility index (Phi) is 5.03. The van der Waals surface area contributed by atoms with Gasteiger partial charge in [0.15, 0.2) is 17.4 Å². The van der Waals surface area contributed by atoms with Crippen LogP contribution in [0.15, 0.2) is 17.6 Å². The number of benzene rings is 1. The molecule has 2 aromatic rings. The fourth-order valence-electron chi connectivity index (χ4n) is 1.87. The van der Waals surface area contributed by atoms with Gasteiger partial charge in [0.2, 0.25) is 0 Å². The average Bonchev–Trinajstić information content (AvgIpc) is 2.79. The minimum atomic E-state index is -0.686. The summed E-state index contributed by atoms with van der Waals surface area (Å²) in [7, 11) is 0. The minimum Gasteiger partial charge on any atom is -0.487 e. The smallest absolute Gasteiger partial charge is 0.190 e. The topological polar surface area (TPSA) is 48.1 Å². The summed E-state index contributed by atoms with van der Waals surface area (Å²) in [4.78, 5) is 5.17. The maximum absolute atomic E-state index is 13.8. The van der Waals surface area contributed by atoms with Crippen molar-refractivity contribution in [2.75, 3.05) is 13.2 Å². The van der Waals surface area contributed by atoms with Gasteiger partial charge in [0.25, 0.3) is 0 Å². The van der Waals surface area contributed by atoms with Gasteiger partial charge >= 0.3 is 0 Å². The van der Waals surface area contributed by atoms with Crippen molar-refractivity contribution >= 4 is 11.3 Å². The fraction of sp³-hybridized carbons (Fsp3) is 0.357. The highest BCUT2D eigenvalue weighted by Gasteiger charge is 2.13. The summed E-state index contributed by atoms with van der Waals surface area (Å²) in [5.74, 6) is -1.70. The van der Waals surface area contributed by atoms with E-state index in [9.17, 15) is 8.78 Å². The lowest BCUT2D eigenvalue weighted by Crippen LogP contribution is -2.07. The van der Waals surface area contributed by atoms with Gasteiger partial charge in [-0.3, -0.25) is 0 Å². The zero-order valence-corrected chi connectivity index (χ0v) is 12.0. The Hall–Kier alpha value is -1.53. The van der Waals surface area contributed by atoms with Crippen LogP contribution >= 0.6 is 11.3 Å². The van der Waals surface area contributed by atoms with Gasteiger partial charge in [-0.1, -0.05) is 0 Å². The summed E-state index contributed by atoms with van der Waals surface area (Å²) in [6, 6.07) is 2.53. The number of hydrogen-bond acceptors (Lipinski definition) is 4. The predicted octanol–water partition coefficient (Wildman–Crippen LogP) is 2.85. The molecule has 0 spiro atoms. The molecule has 1 aromatic carbocycles. The van der Waals surface area contributed by atoms with Gasteiger partial charge in [-0.15, -0.1) is 11.3 Å². The molecule has 0 unspecified atom stereocenters. The third kappa shape index (κ3) is 3.52. The molecule has 1 aromatic heterocycles. The molecule has 6 heteroatoms. The first-order chi connectivity index (χ1) is 9.61. The molecule has 0 saturated heterocycles. The molecule has 108 valence electrons. The summed E-state index contributed by atoms with van der Waals surface area (Å²) < 4.78 is 32.8. The fourth-order valence-corrected chi connectivity index (χ4v) is 2.64. The molecule has 2 N–H and O–H groups in total. The molecule has 0 aliphatic rings. The normalized spacial score (nSPS) is 10.8. The molecular weight excluding hydrogens is 282 g/mol. The molecule has 0 aliphatic carbocycles. The molecule has 3 nitrogen and oxygen atoms in total. The summed E-state index contributed by atoms with van der Waals surface area (Å²) >= 11 is 1.51. The first kappa shape index (κ1) is 14.9. The van der Waals surface area contributed by atoms with Crippen LogP contribution in [-0.2, 0) is 12.8 Å². The number of hydrogen-bond donors (Lipinski definition) is 1. The monoisotopic (exact) mass is 298 g/mol. The van der Waals surface area contributed by atoms with Crippen molar-refractivity contribution in [3.63, 3.8) is 0 Å². The van der Waals surface area contributed by atoms with Crippen LogP contribution in [0.2, 0.25) is 0 Å². The summed E-state index contributed by atoms with van der Waals surface area (Å²) in [5.41, 5.74) is 8.57. The Morgan fingerprint density at radius 3 is 2.50 bits per heavy atom. The molecule has 20 heavy (non-hydrogen) atoms. The summed E-state index contributed by atoms with van der Waals surface area (Å²) in [6.45, 7) is 2.46. The van der Waals surface area contributed by atoms with E-state index < -0.39 is 11.6 Å². The van der Waals surface area contributed by atoms with Crippen molar-refractivity contribution in [3.8, 4) is 5.75 Å². The van der Waals surface area contributed by atoms with Crippen molar-refractivity contribution in [3.05, 3.63) is 45.4 Å². The minimum absolute atomic E-state index is 0.215. The predicted molar refractivity (Wildman–Crippen MR) is 75.2 cm³/mol. The van der Waals surface area contributed by atoms with Gasteiger partial charge in [0.05, 0.1) is 17.8 Å². The van der Waals surface area contributed by atoms with E-state index in [1.54, 1.807) is 5.51 Å². The van der Waals surface area contributed by atoms with Gasteiger partial charge in [-0.05, 0) is 37.6 Å². The number of aryl methyl sites for hydroxylation is 1. The standard InChI is InChI=1S/C14H16F2N2OS/c1-9-13(20-8-18-9)3-5-19-14-11(15)6-10(2-4-17)7-12(14)16/h6-8H,2-5,17H2,1H3. The van der Waals surface area contributed by atoms with Crippen LogP contribution in [0.25, 0.3) is 0 Å². The molecular formula is C14H16F2N2OS. The van der Waals surface area contributed by atoms with Gasteiger partial charge in [0, 0.05) is 11.3 Å². The first-order valence-electron chi connectivity index (χ1n) is 6.31. The first-order valence-corrected chi connectivity index (χ1v) is 7.19. The third-order valence-corrected chi connectivity index (χ3v) is 3.91. The Morgan fingerprint density at radius 2 is 1.95 bits per heavy atom. The lowest BCUT2D eigenvalue weighted by molar-refractivity contribution is 0.288. The number of rotatable bonds is 6. The van der Waals surface area contributed by atoms with E-state index in [-0.39, 0.29) is 12.4 Å². The van der Waals surface area contributed by atoms with Gasteiger partial charge < -0.3 is 10.5 Å². The van der Waals surface area contributed by atoms with Gasteiger partial charge in [-0.2, -0.15) is 0 Å². The van der Waals surface area contributed by atoms with Crippen LogP contribution in [0.5, 0.6) is 5.75 Å². The number of nitrogens with two attached hydrogens (primary N) is 1. The number of halogens is 2. The zero-order valence-electron chi connectivity index (χ0n) is 11.2. The molecule has 1 heterocycles. The van der Waals surface area contributed by atoms with Crippen LogP contribution in [-0.4, -0.2) is 18.1 Å². The summed E-state index contributed by atoms with van der Waals surface area (Å²) in [5, 5.41) is 0. The van der Waals surface area contributed by atoms with Crippen molar-refractivity contribution in [2.24, 2.45) is 5.73 Å². The quantitative estimate of drug-likeness (QED) is 0.892. The van der Waals surface area contributed by atoms with E-state index in [1.807, 2.05) is 6.92 Å². The Labute approximate surface area is 120 Å². The maximum atomic E-state index is 13.8. The number of ether oxygens (including phenoxy) is 1. The average molecular weight is 298 g/mol. The molecule has 0 amide bonds. The number of thiazole rings is 1. The van der Waals surface area contributed by atoms with Crippen LogP contribution in [0.4, 0.5) is 8.78 Å². The third-order valence-electron chi connectivity index (χ3n) is 2.91. The molecule has 0 aliphatic heterocycles. The van der Waals surface area contributed by atoms with E-state index in [1.165, 1.54) is 23.5 Å². The number of nitrogens with zero attached hydrogens (tertiary/aromatic N) is 1. The number of aromatic nitrogens is 1. The van der Waals surface area contributed by atoms with Crippen molar-refractivity contribution in [1.82, 2.24) is 4.98 Å². The Bertz CT molecular complexity index is 563. The summed E-state index contributed by atoms with van der Waals surface area (Å²) in [6.07, 6.45) is 1.02. The SMILES string of the molecule is Cc1ncsc1CCOc1c(F)cc(CCN)cc1F. The molecule has 0 saturated carbocycles. The lowest BCUT2D eigenvalue weighted by atomic mass is 10.1. The van der Waals surface area contributed by atoms with Crippen LogP contribution in [0.1, 0.15) is 16.1 Å².